The highest BCUT2D eigenvalue weighted by molar-refractivity contribution is 8.04. The van der Waals surface area contributed by atoms with Gasteiger partial charge in [0.05, 0.1) is 11.6 Å². The van der Waals surface area contributed by atoms with Crippen LogP contribution in [0.5, 0.6) is 0 Å². The van der Waals surface area contributed by atoms with E-state index in [2.05, 4.69) is 5.32 Å². The third-order valence-corrected chi connectivity index (χ3v) is 5.61. The van der Waals surface area contributed by atoms with Crippen molar-refractivity contribution in [2.24, 2.45) is 5.92 Å². The average Bonchev–Trinajstić information content (AvgIpc) is 3.13. The summed E-state index contributed by atoms with van der Waals surface area (Å²) < 4.78 is 14.6. The maximum absolute atomic E-state index is 13.2. The molecule has 1 aromatic carbocycles. The zero-order valence-electron chi connectivity index (χ0n) is 15.4. The molecule has 28 heavy (non-hydrogen) atoms. The minimum atomic E-state index is -0.529. The molecule has 2 aliphatic rings. The van der Waals surface area contributed by atoms with Gasteiger partial charge >= 0.3 is 11.9 Å². The highest BCUT2D eigenvalue weighted by atomic mass is 35.5. The van der Waals surface area contributed by atoms with Gasteiger partial charge in [-0.3, -0.25) is 4.79 Å². The standard InChI is InChI=1S/C19H19ClFN3O3S/c1-11(2)9-24-18(26)17-15(5-6-28-17)23(19(24)27)10-16(25)22-8-12-3-4-14(21)13(20)7-12/h3-7,11,17H,8-10H2,1-2H3/p+1. The van der Waals surface area contributed by atoms with E-state index in [1.165, 1.54) is 39.4 Å². The fraction of sp³-hybridized carbons (Fsp3) is 0.368. The summed E-state index contributed by atoms with van der Waals surface area (Å²) in [4.78, 5) is 39.1. The summed E-state index contributed by atoms with van der Waals surface area (Å²) >= 11 is 7.07. The molecule has 0 fully saturated rings. The van der Waals surface area contributed by atoms with Gasteiger partial charge in [-0.05, 0) is 35.1 Å². The first kappa shape index (κ1) is 20.5. The molecule has 0 aliphatic carbocycles. The van der Waals surface area contributed by atoms with E-state index in [1.54, 1.807) is 11.5 Å². The second-order valence-electron chi connectivity index (χ2n) is 6.98. The van der Waals surface area contributed by atoms with E-state index in [1.807, 2.05) is 13.8 Å². The summed E-state index contributed by atoms with van der Waals surface area (Å²) in [6.07, 6.45) is 1.70. The van der Waals surface area contributed by atoms with Crippen LogP contribution in [0.25, 0.3) is 0 Å². The quantitative estimate of drug-likeness (QED) is 0.713. The number of amides is 4. The van der Waals surface area contributed by atoms with Crippen LogP contribution in [0.4, 0.5) is 9.18 Å². The Kier molecular flexibility index (Phi) is 6.20. The van der Waals surface area contributed by atoms with Crippen molar-refractivity contribution in [3.63, 3.8) is 0 Å². The van der Waals surface area contributed by atoms with Crippen LogP contribution < -0.4 is 5.32 Å². The fourth-order valence-electron chi connectivity index (χ4n) is 2.99. The van der Waals surface area contributed by atoms with Gasteiger partial charge in [-0.15, -0.1) is 11.8 Å². The van der Waals surface area contributed by atoms with Crippen molar-refractivity contribution in [2.75, 3.05) is 13.1 Å². The topological polar surface area (TPSA) is 69.5 Å². The summed E-state index contributed by atoms with van der Waals surface area (Å²) in [6, 6.07) is 3.71. The molecule has 9 heteroatoms. The Hall–Kier alpha value is -2.19. The molecular weight excluding hydrogens is 405 g/mol. The Balaban J connectivity index is 1.73. The number of benzene rings is 1. The van der Waals surface area contributed by atoms with Crippen LogP contribution in [0.1, 0.15) is 19.4 Å². The van der Waals surface area contributed by atoms with Crippen molar-refractivity contribution in [1.29, 1.82) is 0 Å². The number of carbonyl (C=O) groups excluding carboxylic acids is 3. The molecule has 0 saturated carbocycles. The Morgan fingerprint density at radius 3 is 2.82 bits per heavy atom. The molecule has 1 N–H and O–H groups in total. The van der Waals surface area contributed by atoms with E-state index in [-0.39, 0.29) is 35.8 Å². The van der Waals surface area contributed by atoms with Crippen molar-refractivity contribution in [1.82, 2.24) is 10.2 Å². The number of hydrogen-bond donors (Lipinski definition) is 1. The van der Waals surface area contributed by atoms with Crippen LogP contribution in [0.2, 0.25) is 5.02 Å². The molecule has 2 aliphatic heterocycles. The van der Waals surface area contributed by atoms with E-state index in [0.29, 0.717) is 17.8 Å². The van der Waals surface area contributed by atoms with Crippen molar-refractivity contribution in [3.05, 3.63) is 46.1 Å². The highest BCUT2D eigenvalue weighted by Crippen LogP contribution is 2.28. The van der Waals surface area contributed by atoms with Crippen molar-refractivity contribution in [2.45, 2.75) is 25.6 Å². The minimum Gasteiger partial charge on any atom is -0.349 e. The largest absolute Gasteiger partial charge is 0.501 e. The Morgan fingerprint density at radius 2 is 2.14 bits per heavy atom. The van der Waals surface area contributed by atoms with Gasteiger partial charge in [0.1, 0.15) is 11.5 Å². The maximum Gasteiger partial charge on any atom is 0.501 e. The molecule has 1 aromatic rings. The lowest BCUT2D eigenvalue weighted by atomic mass is 10.1. The van der Waals surface area contributed by atoms with Gasteiger partial charge in [-0.2, -0.15) is 14.3 Å². The average molecular weight is 425 g/mol. The molecule has 0 saturated heterocycles. The molecule has 0 radical (unpaired) electrons. The van der Waals surface area contributed by atoms with Crippen LogP contribution >= 0.6 is 23.4 Å². The molecule has 3 rings (SSSR count). The van der Waals surface area contributed by atoms with Gasteiger partial charge in [0.15, 0.2) is 11.8 Å². The summed E-state index contributed by atoms with van der Waals surface area (Å²) in [7, 11) is 0. The minimum absolute atomic E-state index is 0.0210. The molecule has 0 aromatic heterocycles. The Morgan fingerprint density at radius 1 is 1.39 bits per heavy atom. The van der Waals surface area contributed by atoms with Gasteiger partial charge in [0, 0.05) is 6.54 Å². The fourth-order valence-corrected chi connectivity index (χ4v) is 4.16. The molecule has 4 amide bonds. The number of nitrogens with one attached hydrogen (secondary N) is 1. The second-order valence-corrected chi connectivity index (χ2v) is 8.40. The lowest BCUT2D eigenvalue weighted by Crippen LogP contribution is -2.57. The number of carbonyl (C=O) groups is 3. The normalized spacial score (nSPS) is 18.9. The molecule has 1 unspecified atom stereocenters. The van der Waals surface area contributed by atoms with Crippen LogP contribution in [0.15, 0.2) is 29.7 Å². The highest BCUT2D eigenvalue weighted by Gasteiger charge is 2.49. The van der Waals surface area contributed by atoms with Gasteiger partial charge in [-0.1, -0.05) is 31.5 Å². The van der Waals surface area contributed by atoms with Crippen LogP contribution in [-0.2, 0) is 16.1 Å². The third kappa shape index (κ3) is 4.28. The monoisotopic (exact) mass is 424 g/mol. The van der Waals surface area contributed by atoms with E-state index >= 15 is 0 Å². The predicted molar refractivity (Wildman–Crippen MR) is 106 cm³/mol. The van der Waals surface area contributed by atoms with Crippen molar-refractivity contribution in [3.8, 4) is 0 Å². The van der Waals surface area contributed by atoms with Crippen LogP contribution in [-0.4, -0.2) is 51.4 Å². The van der Waals surface area contributed by atoms with E-state index < -0.39 is 17.1 Å². The van der Waals surface area contributed by atoms with Gasteiger partial charge in [0.25, 0.3) is 5.91 Å². The summed E-state index contributed by atoms with van der Waals surface area (Å²) in [6.45, 7) is 4.09. The molecule has 1 atom stereocenters. The molecule has 0 spiro atoms. The molecular formula is C19H20ClFN3O3S+. The van der Waals surface area contributed by atoms with E-state index in [9.17, 15) is 18.8 Å². The molecule has 6 nitrogen and oxygen atoms in total. The second kappa shape index (κ2) is 8.45. The van der Waals surface area contributed by atoms with E-state index in [4.69, 9.17) is 11.6 Å². The Bertz CT molecular complexity index is 900. The summed E-state index contributed by atoms with van der Waals surface area (Å²) in [5, 5.41) is 3.94. The van der Waals surface area contributed by atoms with E-state index in [0.717, 1.165) is 0 Å². The summed E-state index contributed by atoms with van der Waals surface area (Å²) in [5.41, 5.74) is 1.17. The maximum atomic E-state index is 13.2. The number of fused-ring (bicyclic) bond motifs is 1. The van der Waals surface area contributed by atoms with Gasteiger partial charge in [-0.25, -0.2) is 9.18 Å². The first-order chi connectivity index (χ1) is 13.3. The SMILES string of the molecule is CC(C)CN1C(=O)C2SC=CC2=[N+](CC(=O)NCc2ccc(F)c(Cl)c2)C1=O. The van der Waals surface area contributed by atoms with Gasteiger partial charge < -0.3 is 5.32 Å². The van der Waals surface area contributed by atoms with Crippen molar-refractivity contribution < 1.29 is 23.3 Å². The molecule has 2 heterocycles. The predicted octanol–water partition coefficient (Wildman–Crippen LogP) is 2.80. The zero-order valence-corrected chi connectivity index (χ0v) is 17.0. The van der Waals surface area contributed by atoms with Crippen molar-refractivity contribution >= 4 is 46.9 Å². The lowest BCUT2D eigenvalue weighted by Gasteiger charge is -2.25. The third-order valence-electron chi connectivity index (χ3n) is 4.31. The number of hydrogen-bond acceptors (Lipinski definition) is 4. The Labute approximate surface area is 171 Å². The number of imide groups is 1. The smallest absolute Gasteiger partial charge is 0.349 e. The van der Waals surface area contributed by atoms with Crippen LogP contribution in [0.3, 0.4) is 0 Å². The number of urea groups is 1. The first-order valence-electron chi connectivity index (χ1n) is 8.80. The summed E-state index contributed by atoms with van der Waals surface area (Å²) in [5.74, 6) is -1.04. The molecule has 148 valence electrons. The lowest BCUT2D eigenvalue weighted by molar-refractivity contribution is -0.426. The van der Waals surface area contributed by atoms with Gasteiger partial charge in [0.2, 0.25) is 0 Å². The number of rotatable bonds is 6. The first-order valence-corrected chi connectivity index (χ1v) is 10.1. The number of thioether (sulfide) groups is 1. The number of allylic oxidation sites excluding steroid dienone is 1. The number of nitrogens with zero attached hydrogens (tertiary/aromatic N) is 2. The number of halogens is 2. The molecule has 0 bridgehead atoms. The zero-order chi connectivity index (χ0) is 20.4. The van der Waals surface area contributed by atoms with Crippen LogP contribution in [0, 0.1) is 11.7 Å².